The monoisotopic (exact) mass is 357 g/mol. The first-order valence-corrected chi connectivity index (χ1v) is 7.60. The third kappa shape index (κ3) is 4.49. The molecule has 6 nitrogen and oxygen atoms in total. The predicted molar refractivity (Wildman–Crippen MR) is 83.1 cm³/mol. The fourth-order valence-corrected chi connectivity index (χ4v) is 2.61. The molecule has 1 aromatic rings. The maximum Gasteiger partial charge on any atom is 0.433 e. The summed E-state index contributed by atoms with van der Waals surface area (Å²) in [5, 5.41) is 2.62. The first-order chi connectivity index (χ1) is 11.8. The second kappa shape index (κ2) is 7.54. The average Bonchev–Trinajstić information content (AvgIpc) is 2.59. The Morgan fingerprint density at radius 2 is 2.16 bits per heavy atom. The summed E-state index contributed by atoms with van der Waals surface area (Å²) < 4.78 is 43.4. The molecule has 0 unspecified atom stereocenters. The van der Waals surface area contributed by atoms with Gasteiger partial charge in [0.1, 0.15) is 11.4 Å². The Labute approximate surface area is 142 Å². The van der Waals surface area contributed by atoms with Gasteiger partial charge in [0.25, 0.3) is 5.91 Å². The summed E-state index contributed by atoms with van der Waals surface area (Å²) in [6.07, 6.45) is -2.22. The summed E-state index contributed by atoms with van der Waals surface area (Å²) in [6.45, 7) is 4.22. The van der Waals surface area contributed by atoms with E-state index >= 15 is 0 Å². The zero-order valence-electron chi connectivity index (χ0n) is 13.6. The normalized spacial score (nSPS) is 17.8. The molecule has 25 heavy (non-hydrogen) atoms. The van der Waals surface area contributed by atoms with Gasteiger partial charge in [-0.25, -0.2) is 4.98 Å². The maximum atomic E-state index is 12.8. The summed E-state index contributed by atoms with van der Waals surface area (Å²) in [4.78, 5) is 29.0. The molecule has 0 bridgehead atoms. The minimum absolute atomic E-state index is 0.0552. The minimum Gasteiger partial charge on any atom is -0.494 e. The molecule has 0 radical (unpaired) electrons. The van der Waals surface area contributed by atoms with Crippen LogP contribution >= 0.6 is 0 Å². The Kier molecular flexibility index (Phi) is 5.66. The van der Waals surface area contributed by atoms with Crippen LogP contribution in [-0.4, -0.2) is 47.9 Å². The van der Waals surface area contributed by atoms with Crippen LogP contribution in [0.5, 0.6) is 5.75 Å². The lowest BCUT2D eigenvalue weighted by Gasteiger charge is -2.32. The van der Waals surface area contributed by atoms with Gasteiger partial charge in [-0.15, -0.1) is 0 Å². The first-order valence-electron chi connectivity index (χ1n) is 7.60. The van der Waals surface area contributed by atoms with Gasteiger partial charge in [0.15, 0.2) is 5.69 Å². The second-order valence-electron chi connectivity index (χ2n) is 5.55. The zero-order valence-corrected chi connectivity index (χ0v) is 13.6. The third-order valence-electron chi connectivity index (χ3n) is 3.83. The molecule has 9 heteroatoms. The fourth-order valence-electron chi connectivity index (χ4n) is 2.61. The Morgan fingerprint density at radius 1 is 1.44 bits per heavy atom. The number of ether oxygens (including phenoxy) is 1. The number of amides is 2. The molecule has 2 heterocycles. The molecule has 1 aliphatic rings. The van der Waals surface area contributed by atoms with Crippen molar-refractivity contribution >= 4 is 11.8 Å². The van der Waals surface area contributed by atoms with Gasteiger partial charge in [0.05, 0.1) is 7.11 Å². The van der Waals surface area contributed by atoms with E-state index in [0.717, 1.165) is 12.1 Å². The van der Waals surface area contributed by atoms with Crippen LogP contribution in [0, 0.1) is 0 Å². The fraction of sp³-hybridized carbons (Fsp3) is 0.438. The average molecular weight is 357 g/mol. The number of methoxy groups -OCH3 is 1. The van der Waals surface area contributed by atoms with Gasteiger partial charge in [0, 0.05) is 19.1 Å². The highest BCUT2D eigenvalue weighted by molar-refractivity contribution is 5.95. The highest BCUT2D eigenvalue weighted by Gasteiger charge is 2.34. The molecule has 1 aromatic heterocycles. The molecule has 0 aromatic carbocycles. The zero-order chi connectivity index (χ0) is 18.6. The topological polar surface area (TPSA) is 71.5 Å². The number of nitrogens with one attached hydrogen (secondary N) is 1. The van der Waals surface area contributed by atoms with E-state index in [1.165, 1.54) is 18.1 Å². The molecule has 0 saturated carbocycles. The van der Waals surface area contributed by atoms with Crippen molar-refractivity contribution in [3.05, 3.63) is 36.2 Å². The third-order valence-corrected chi connectivity index (χ3v) is 3.83. The Morgan fingerprint density at radius 3 is 2.76 bits per heavy atom. The maximum absolute atomic E-state index is 12.8. The molecule has 1 saturated heterocycles. The standard InChI is InChI=1S/C16H18F3N3O3/c1-3-13(23)22-8-4-5-10(9-22)20-15(24)14-11(25-2)6-7-12(21-14)16(17,18)19/h3,6-7,10H,1,4-5,8-9H2,2H3,(H,20,24)/t10-/m1/s1. The van der Waals surface area contributed by atoms with Crippen molar-refractivity contribution in [1.82, 2.24) is 15.2 Å². The quantitative estimate of drug-likeness (QED) is 0.837. The van der Waals surface area contributed by atoms with Crippen LogP contribution in [0.25, 0.3) is 0 Å². The lowest BCUT2D eigenvalue weighted by molar-refractivity contribution is -0.141. The van der Waals surface area contributed by atoms with E-state index in [2.05, 4.69) is 16.9 Å². The summed E-state index contributed by atoms with van der Waals surface area (Å²) in [5.74, 6) is -1.09. The second-order valence-corrected chi connectivity index (χ2v) is 5.55. The van der Waals surface area contributed by atoms with Gasteiger partial charge >= 0.3 is 6.18 Å². The van der Waals surface area contributed by atoms with Gasteiger partial charge in [-0.2, -0.15) is 13.2 Å². The molecule has 2 rings (SSSR count). The van der Waals surface area contributed by atoms with E-state index in [1.54, 1.807) is 0 Å². The molecule has 0 spiro atoms. The van der Waals surface area contributed by atoms with Crippen LogP contribution in [0.1, 0.15) is 29.0 Å². The number of pyridine rings is 1. The highest BCUT2D eigenvalue weighted by Crippen LogP contribution is 2.30. The number of aromatic nitrogens is 1. The number of likely N-dealkylation sites (tertiary alicyclic amines) is 1. The van der Waals surface area contributed by atoms with E-state index in [-0.39, 0.29) is 24.2 Å². The summed E-state index contributed by atoms with van der Waals surface area (Å²) in [5.41, 5.74) is -1.62. The summed E-state index contributed by atoms with van der Waals surface area (Å²) >= 11 is 0. The Hall–Kier alpha value is -2.58. The van der Waals surface area contributed by atoms with Crippen molar-refractivity contribution in [3.63, 3.8) is 0 Å². The van der Waals surface area contributed by atoms with Crippen molar-refractivity contribution in [2.75, 3.05) is 20.2 Å². The Bertz CT molecular complexity index is 676. The number of rotatable bonds is 4. The lowest BCUT2D eigenvalue weighted by atomic mass is 10.1. The van der Waals surface area contributed by atoms with Crippen LogP contribution in [-0.2, 0) is 11.0 Å². The lowest BCUT2D eigenvalue weighted by Crippen LogP contribution is -2.49. The van der Waals surface area contributed by atoms with Crippen molar-refractivity contribution in [2.45, 2.75) is 25.1 Å². The molecule has 1 aliphatic heterocycles. The largest absolute Gasteiger partial charge is 0.494 e. The van der Waals surface area contributed by atoms with Crippen LogP contribution in [0.15, 0.2) is 24.8 Å². The number of nitrogens with zero attached hydrogens (tertiary/aromatic N) is 2. The number of carbonyl (C=O) groups excluding carboxylic acids is 2. The Balaban J connectivity index is 2.17. The molecule has 1 atom stereocenters. The molecular formula is C16H18F3N3O3. The number of carbonyl (C=O) groups is 2. The van der Waals surface area contributed by atoms with Crippen molar-refractivity contribution in [2.24, 2.45) is 0 Å². The smallest absolute Gasteiger partial charge is 0.433 e. The van der Waals surface area contributed by atoms with Crippen LogP contribution in [0.2, 0.25) is 0 Å². The van der Waals surface area contributed by atoms with Crippen molar-refractivity contribution < 1.29 is 27.5 Å². The van der Waals surface area contributed by atoms with Crippen molar-refractivity contribution in [3.8, 4) is 5.75 Å². The molecule has 1 fully saturated rings. The number of piperidine rings is 1. The summed E-state index contributed by atoms with van der Waals surface area (Å²) in [6, 6.07) is 1.42. The van der Waals surface area contributed by atoms with E-state index in [4.69, 9.17) is 4.74 Å². The van der Waals surface area contributed by atoms with Gasteiger partial charge in [-0.1, -0.05) is 6.58 Å². The van der Waals surface area contributed by atoms with Crippen LogP contribution in [0.3, 0.4) is 0 Å². The molecule has 136 valence electrons. The number of hydrogen-bond donors (Lipinski definition) is 1. The predicted octanol–water partition coefficient (Wildman–Crippen LogP) is 2.02. The molecular weight excluding hydrogens is 339 g/mol. The minimum atomic E-state index is -4.67. The van der Waals surface area contributed by atoms with Gasteiger partial charge in [-0.05, 0) is 31.1 Å². The number of alkyl halides is 3. The van der Waals surface area contributed by atoms with Gasteiger partial charge in [0.2, 0.25) is 5.91 Å². The molecule has 2 amide bonds. The number of hydrogen-bond acceptors (Lipinski definition) is 4. The van der Waals surface area contributed by atoms with E-state index in [9.17, 15) is 22.8 Å². The molecule has 1 N–H and O–H groups in total. The van der Waals surface area contributed by atoms with Crippen molar-refractivity contribution in [1.29, 1.82) is 0 Å². The highest BCUT2D eigenvalue weighted by atomic mass is 19.4. The van der Waals surface area contributed by atoms with E-state index in [1.807, 2.05) is 0 Å². The summed E-state index contributed by atoms with van der Waals surface area (Å²) in [7, 11) is 1.24. The van der Waals surface area contributed by atoms with Crippen LogP contribution in [0.4, 0.5) is 13.2 Å². The van der Waals surface area contributed by atoms with Gasteiger partial charge < -0.3 is 15.0 Å². The molecule has 0 aliphatic carbocycles. The SMILES string of the molecule is C=CC(=O)N1CCC[C@@H](NC(=O)c2nc(C(F)(F)F)ccc2OC)C1. The van der Waals surface area contributed by atoms with E-state index in [0.29, 0.717) is 19.4 Å². The van der Waals surface area contributed by atoms with E-state index < -0.39 is 23.5 Å². The van der Waals surface area contributed by atoms with Gasteiger partial charge in [-0.3, -0.25) is 9.59 Å². The first kappa shape index (κ1) is 18.8. The number of halogens is 3. The van der Waals surface area contributed by atoms with Crippen LogP contribution < -0.4 is 10.1 Å².